The maximum atomic E-state index is 12.3. The van der Waals surface area contributed by atoms with Crippen LogP contribution in [-0.4, -0.2) is 41.1 Å². The number of benzene rings is 1. The van der Waals surface area contributed by atoms with Gasteiger partial charge in [0.2, 0.25) is 17.7 Å². The molecule has 2 amide bonds. The van der Waals surface area contributed by atoms with Crippen molar-refractivity contribution in [2.24, 2.45) is 0 Å². The van der Waals surface area contributed by atoms with E-state index in [2.05, 4.69) is 36.3 Å². The highest BCUT2D eigenvalue weighted by atomic mass is 79.9. The number of carbonyl (C=O) groups excluding carboxylic acids is 2. The third-order valence-corrected chi connectivity index (χ3v) is 4.70. The lowest BCUT2D eigenvalue weighted by atomic mass is 10.2. The van der Waals surface area contributed by atoms with Crippen LogP contribution in [0, 0.1) is 0 Å². The van der Waals surface area contributed by atoms with Crippen molar-refractivity contribution in [3.05, 3.63) is 52.6 Å². The number of nitrogens with one attached hydrogen (secondary N) is 2. The van der Waals surface area contributed by atoms with E-state index in [1.165, 1.54) is 18.3 Å². The van der Waals surface area contributed by atoms with Gasteiger partial charge in [0.25, 0.3) is 0 Å². The first-order valence-corrected chi connectivity index (χ1v) is 10.2. The summed E-state index contributed by atoms with van der Waals surface area (Å²) in [5.41, 5.74) is 0.958. The fourth-order valence-electron chi connectivity index (χ4n) is 2.08. The van der Waals surface area contributed by atoms with Crippen LogP contribution in [0.25, 0.3) is 0 Å². The molecule has 1 aromatic carbocycles. The average Bonchev–Trinajstić information content (AvgIpc) is 2.64. The quantitative estimate of drug-likeness (QED) is 0.557. The van der Waals surface area contributed by atoms with Crippen LogP contribution in [0.5, 0.6) is 5.88 Å². The van der Waals surface area contributed by atoms with Crippen molar-refractivity contribution in [1.29, 1.82) is 0 Å². The van der Waals surface area contributed by atoms with Crippen LogP contribution >= 0.6 is 27.7 Å². The highest BCUT2D eigenvalue weighted by molar-refractivity contribution is 9.10. The van der Waals surface area contributed by atoms with Crippen LogP contribution < -0.4 is 15.4 Å². The van der Waals surface area contributed by atoms with Gasteiger partial charge in [0.15, 0.2) is 6.61 Å². The number of hydrogen-bond donors (Lipinski definition) is 2. The lowest BCUT2D eigenvalue weighted by Gasteiger charge is -2.12. The minimum atomic E-state index is -4.48. The van der Waals surface area contributed by atoms with E-state index >= 15 is 0 Å². The van der Waals surface area contributed by atoms with Crippen LogP contribution in [0.4, 0.5) is 18.9 Å². The van der Waals surface area contributed by atoms with Crippen molar-refractivity contribution in [2.45, 2.75) is 12.7 Å². The number of anilines is 1. The first-order chi connectivity index (χ1) is 13.7. The zero-order valence-corrected chi connectivity index (χ0v) is 17.4. The molecule has 6 nitrogen and oxygen atoms in total. The summed E-state index contributed by atoms with van der Waals surface area (Å²) in [7, 11) is 0. The summed E-state index contributed by atoms with van der Waals surface area (Å²) >= 11 is 4.42. The topological polar surface area (TPSA) is 80.3 Å². The van der Waals surface area contributed by atoms with Crippen molar-refractivity contribution < 1.29 is 27.5 Å². The minimum Gasteiger partial charge on any atom is -0.468 e. The maximum Gasteiger partial charge on any atom is 0.422 e. The van der Waals surface area contributed by atoms with Gasteiger partial charge in [0.05, 0.1) is 11.5 Å². The molecule has 0 aliphatic rings. The second kappa shape index (κ2) is 11.1. The molecule has 0 saturated carbocycles. The van der Waals surface area contributed by atoms with E-state index in [1.807, 2.05) is 6.07 Å². The van der Waals surface area contributed by atoms with Crippen molar-refractivity contribution >= 4 is 45.2 Å². The van der Waals surface area contributed by atoms with Gasteiger partial charge in [-0.3, -0.25) is 9.59 Å². The number of alkyl halides is 3. The first kappa shape index (κ1) is 23.0. The molecule has 11 heteroatoms. The zero-order valence-electron chi connectivity index (χ0n) is 15.0. The average molecular weight is 492 g/mol. The molecular formula is C18H17BrF3N3O3S. The Hall–Kier alpha value is -2.27. The molecule has 29 heavy (non-hydrogen) atoms. The normalized spacial score (nSPS) is 11.0. The van der Waals surface area contributed by atoms with Crippen molar-refractivity contribution in [3.8, 4) is 5.88 Å². The number of pyridine rings is 1. The Kier molecular flexibility index (Phi) is 8.77. The number of carbonyl (C=O) groups is 2. The molecule has 0 aliphatic heterocycles. The standard InChI is InChI=1S/C18H17BrF3N3O3S/c19-13-4-1-5-14(7-13)25-16(27)10-29-9-15(26)24-8-12-3-2-6-23-17(12)28-11-18(20,21)22/h1-7H,8-11H2,(H,24,26)(H,25,27). The molecule has 0 atom stereocenters. The highest BCUT2D eigenvalue weighted by Gasteiger charge is 2.29. The summed E-state index contributed by atoms with van der Waals surface area (Å²) in [6, 6.07) is 10.1. The Bertz CT molecular complexity index is 852. The number of amides is 2. The Morgan fingerprint density at radius 2 is 1.90 bits per heavy atom. The van der Waals surface area contributed by atoms with Gasteiger partial charge >= 0.3 is 6.18 Å². The molecule has 1 aromatic heterocycles. The minimum absolute atomic E-state index is 0.0188. The van der Waals surface area contributed by atoms with Crippen LogP contribution in [0.15, 0.2) is 47.1 Å². The van der Waals surface area contributed by atoms with E-state index in [-0.39, 0.29) is 35.7 Å². The third kappa shape index (κ3) is 9.18. The number of thioether (sulfide) groups is 1. The van der Waals surface area contributed by atoms with Gasteiger partial charge in [-0.05, 0) is 24.3 Å². The third-order valence-electron chi connectivity index (χ3n) is 3.27. The second-order valence-electron chi connectivity index (χ2n) is 5.70. The summed E-state index contributed by atoms with van der Waals surface area (Å²) in [5.74, 6) is -0.712. The first-order valence-electron chi connectivity index (χ1n) is 8.26. The lowest BCUT2D eigenvalue weighted by molar-refractivity contribution is -0.154. The molecular weight excluding hydrogens is 475 g/mol. The smallest absolute Gasteiger partial charge is 0.422 e. The number of nitrogens with zero attached hydrogens (tertiary/aromatic N) is 1. The Balaban J connectivity index is 1.73. The Morgan fingerprint density at radius 1 is 1.14 bits per heavy atom. The number of halogens is 4. The predicted octanol–water partition coefficient (Wildman–Crippen LogP) is 3.77. The monoisotopic (exact) mass is 491 g/mol. The van der Waals surface area contributed by atoms with Crippen molar-refractivity contribution in [1.82, 2.24) is 10.3 Å². The highest BCUT2D eigenvalue weighted by Crippen LogP contribution is 2.20. The van der Waals surface area contributed by atoms with Crippen LogP contribution in [0.3, 0.4) is 0 Å². The molecule has 2 aromatic rings. The summed E-state index contributed by atoms with van der Waals surface area (Å²) in [6.45, 7) is -1.50. The van der Waals surface area contributed by atoms with Crippen LogP contribution in [-0.2, 0) is 16.1 Å². The van der Waals surface area contributed by atoms with Gasteiger partial charge in [-0.25, -0.2) is 4.98 Å². The Morgan fingerprint density at radius 3 is 2.62 bits per heavy atom. The van der Waals surface area contributed by atoms with Crippen LogP contribution in [0.2, 0.25) is 0 Å². The molecule has 2 N–H and O–H groups in total. The van der Waals surface area contributed by atoms with Gasteiger partial charge in [-0.15, -0.1) is 11.8 Å². The number of rotatable bonds is 9. The van der Waals surface area contributed by atoms with E-state index in [0.717, 1.165) is 16.2 Å². The second-order valence-corrected chi connectivity index (χ2v) is 7.60. The van der Waals surface area contributed by atoms with E-state index in [0.29, 0.717) is 11.3 Å². The van der Waals surface area contributed by atoms with Crippen molar-refractivity contribution in [3.63, 3.8) is 0 Å². The molecule has 0 fully saturated rings. The lowest BCUT2D eigenvalue weighted by Crippen LogP contribution is -2.26. The predicted molar refractivity (Wildman–Crippen MR) is 108 cm³/mol. The van der Waals surface area contributed by atoms with Gasteiger partial charge in [0, 0.05) is 28.5 Å². The van der Waals surface area contributed by atoms with Gasteiger partial charge in [-0.1, -0.05) is 28.1 Å². The number of ether oxygens (including phenoxy) is 1. The fourth-order valence-corrected chi connectivity index (χ4v) is 3.13. The van der Waals surface area contributed by atoms with Gasteiger partial charge in [-0.2, -0.15) is 13.2 Å². The molecule has 0 saturated heterocycles. The summed E-state index contributed by atoms with van der Waals surface area (Å²) in [6.07, 6.45) is -3.18. The molecule has 1 heterocycles. The Labute approximate surface area is 177 Å². The summed E-state index contributed by atoms with van der Waals surface area (Å²) < 4.78 is 42.4. The molecule has 0 spiro atoms. The molecule has 0 unspecified atom stereocenters. The molecule has 0 aliphatic carbocycles. The van der Waals surface area contributed by atoms with E-state index in [1.54, 1.807) is 18.2 Å². The SMILES string of the molecule is O=C(CSCC(=O)Nc1cccc(Br)c1)NCc1cccnc1OCC(F)(F)F. The zero-order chi connectivity index (χ0) is 21.3. The van der Waals surface area contributed by atoms with E-state index in [9.17, 15) is 22.8 Å². The van der Waals surface area contributed by atoms with Gasteiger partial charge in [0.1, 0.15) is 0 Å². The number of hydrogen-bond acceptors (Lipinski definition) is 5. The molecule has 2 rings (SSSR count). The maximum absolute atomic E-state index is 12.3. The summed E-state index contributed by atoms with van der Waals surface area (Å²) in [4.78, 5) is 27.6. The van der Waals surface area contributed by atoms with Crippen LogP contribution in [0.1, 0.15) is 5.56 Å². The fraction of sp³-hybridized carbons (Fsp3) is 0.278. The van der Waals surface area contributed by atoms with Gasteiger partial charge < -0.3 is 15.4 Å². The number of aromatic nitrogens is 1. The van der Waals surface area contributed by atoms with E-state index < -0.39 is 12.8 Å². The molecule has 156 valence electrons. The molecule has 0 bridgehead atoms. The van der Waals surface area contributed by atoms with Crippen molar-refractivity contribution in [2.75, 3.05) is 23.4 Å². The largest absolute Gasteiger partial charge is 0.468 e. The molecule has 0 radical (unpaired) electrons. The summed E-state index contributed by atoms with van der Waals surface area (Å²) in [5, 5.41) is 5.28. The van der Waals surface area contributed by atoms with E-state index in [4.69, 9.17) is 0 Å².